The number of nitrogens with one attached hydrogen (secondary N) is 1. The van der Waals surface area contributed by atoms with Crippen molar-refractivity contribution >= 4 is 17.3 Å². The number of hydrogen-bond acceptors (Lipinski definition) is 7. The van der Waals surface area contributed by atoms with E-state index in [2.05, 4.69) is 78.9 Å². The number of aliphatic hydroxyl groups is 3. The molecule has 0 bridgehead atoms. The summed E-state index contributed by atoms with van der Waals surface area (Å²) in [4.78, 5) is 36.2. The van der Waals surface area contributed by atoms with Crippen LogP contribution in [0.5, 0.6) is 0 Å². The van der Waals surface area contributed by atoms with E-state index in [0.29, 0.717) is 43.9 Å². The molecule has 14 unspecified atom stereocenters. The van der Waals surface area contributed by atoms with E-state index in [9.17, 15) is 24.9 Å². The lowest BCUT2D eigenvalue weighted by atomic mass is 9.33. The number of hydrogen-bond donors (Lipinski definition) is 4. The molecule has 8 nitrogen and oxygen atoms in total. The Morgan fingerprint density at radius 1 is 1.00 bits per heavy atom. The number of carbonyl (C=O) groups excluding carboxylic acids is 2. The first-order valence-corrected chi connectivity index (χ1v) is 24.1. The van der Waals surface area contributed by atoms with Crippen molar-refractivity contribution in [3.8, 4) is 0 Å². The number of aryl methyl sites for hydroxylation is 2. The first kappa shape index (κ1) is 43.5. The molecule has 5 fully saturated rings. The van der Waals surface area contributed by atoms with Crippen molar-refractivity contribution < 1.29 is 34.5 Å². The van der Waals surface area contributed by atoms with Crippen LogP contribution in [-0.2, 0) is 20.7 Å². The Balaban J connectivity index is 1.16. The quantitative estimate of drug-likeness (QED) is 0.163. The second-order valence-corrected chi connectivity index (χ2v) is 23.0. The topological polar surface area (TPSA) is 124 Å². The van der Waals surface area contributed by atoms with Crippen LogP contribution in [0, 0.1) is 71.0 Å². The monoisotopic (exact) mass is 836 g/mol. The minimum absolute atomic E-state index is 0.0397. The lowest BCUT2D eigenvalue weighted by molar-refractivity contribution is -0.856. The Hall–Kier alpha value is -2.75. The lowest BCUT2D eigenvalue weighted by Crippen LogP contribution is -3.11. The van der Waals surface area contributed by atoms with E-state index < -0.39 is 28.5 Å². The van der Waals surface area contributed by atoms with Crippen LogP contribution >= 0.6 is 0 Å². The summed E-state index contributed by atoms with van der Waals surface area (Å²) < 4.78 is 5.90. The van der Waals surface area contributed by atoms with Crippen LogP contribution in [0.15, 0.2) is 58.4 Å². The smallest absolute Gasteiger partial charge is 0.160 e. The fourth-order valence-corrected chi connectivity index (χ4v) is 16.3. The van der Waals surface area contributed by atoms with E-state index in [4.69, 9.17) is 9.73 Å². The number of epoxide rings is 1. The third-order valence-corrected chi connectivity index (χ3v) is 19.0. The molecule has 0 radical (unpaired) electrons. The molecule has 5 aliphatic carbocycles. The highest BCUT2D eigenvalue weighted by atomic mass is 16.6. The standard InChI is InChI=1S/C53H74N2O6/c1-30-21-31(2)23-33(22-30)25-35-28-55(38-17-19-54-44(35)38)29-37-43-42(32(3)24-39(57)48-49(4,5)61-48)40(58)27-52(43,8)51(7)18-16-41-50(6,46(51)45(37)59)26-34(13-12-20-56)47(60)53(41,9)36-14-10-11-15-36/h17,19,21-23,28,32,34,36-39,41,45-46,48,56-57,59H,10-16,18,20,24-27,29H2,1-9H3/p+1. The third kappa shape index (κ3) is 6.64. The maximum absolute atomic E-state index is 15.0. The molecule has 1 saturated heterocycles. The number of fused-ring (bicyclic) bond motifs is 6. The summed E-state index contributed by atoms with van der Waals surface area (Å²) in [5.74, 6) is 0.249. The predicted molar refractivity (Wildman–Crippen MR) is 239 cm³/mol. The van der Waals surface area contributed by atoms with Gasteiger partial charge >= 0.3 is 0 Å². The van der Waals surface area contributed by atoms with E-state index in [1.165, 1.54) is 27.2 Å². The van der Waals surface area contributed by atoms with E-state index in [1.54, 1.807) is 0 Å². The highest BCUT2D eigenvalue weighted by Crippen LogP contribution is 2.76. The van der Waals surface area contributed by atoms with Crippen molar-refractivity contribution in [1.29, 1.82) is 0 Å². The molecule has 0 spiro atoms. The molecule has 8 heteroatoms. The van der Waals surface area contributed by atoms with Crippen LogP contribution < -0.4 is 4.90 Å². The van der Waals surface area contributed by atoms with Gasteiger partial charge in [-0.1, -0.05) is 76.8 Å². The van der Waals surface area contributed by atoms with E-state index in [0.717, 1.165) is 68.2 Å². The Labute approximate surface area is 365 Å². The Morgan fingerprint density at radius 2 is 1.69 bits per heavy atom. The Bertz CT molecular complexity index is 2070. The predicted octanol–water partition coefficient (Wildman–Crippen LogP) is 7.39. The van der Waals surface area contributed by atoms with Crippen molar-refractivity contribution in [3.63, 3.8) is 0 Å². The van der Waals surface area contributed by atoms with Crippen LogP contribution in [0.25, 0.3) is 0 Å². The normalized spacial score (nSPS) is 42.2. The van der Waals surface area contributed by atoms with Gasteiger partial charge in [0.1, 0.15) is 23.8 Å². The summed E-state index contributed by atoms with van der Waals surface area (Å²) in [6, 6.07) is 6.80. The van der Waals surface area contributed by atoms with Crippen LogP contribution in [0.3, 0.4) is 0 Å². The first-order valence-electron chi connectivity index (χ1n) is 24.1. The highest BCUT2D eigenvalue weighted by molar-refractivity contribution is 6.07. The first-order chi connectivity index (χ1) is 28.8. The largest absolute Gasteiger partial charge is 0.396 e. The summed E-state index contributed by atoms with van der Waals surface area (Å²) in [6.45, 7) is 20.6. The van der Waals surface area contributed by atoms with Crippen molar-refractivity contribution in [2.45, 2.75) is 169 Å². The van der Waals surface area contributed by atoms with Crippen molar-refractivity contribution in [2.24, 2.45) is 62.2 Å². The van der Waals surface area contributed by atoms with Gasteiger partial charge in [-0.2, -0.15) is 0 Å². The van der Waals surface area contributed by atoms with Gasteiger partial charge in [-0.15, -0.1) is 0 Å². The van der Waals surface area contributed by atoms with E-state index in [-0.39, 0.29) is 65.1 Å². The summed E-state index contributed by atoms with van der Waals surface area (Å²) in [5.41, 5.74) is 5.95. The molecule has 0 aromatic heterocycles. The summed E-state index contributed by atoms with van der Waals surface area (Å²) in [6.07, 6.45) is 14.8. The molecule has 4 saturated carbocycles. The van der Waals surface area contributed by atoms with Crippen LogP contribution in [0.4, 0.5) is 0 Å². The van der Waals surface area contributed by atoms with Crippen molar-refractivity contribution in [3.05, 3.63) is 70.1 Å². The molecule has 3 heterocycles. The van der Waals surface area contributed by atoms with Gasteiger partial charge in [0.2, 0.25) is 0 Å². The average molecular weight is 836 g/mol. The minimum atomic E-state index is -0.737. The molecule has 0 amide bonds. The second-order valence-electron chi connectivity index (χ2n) is 23.0. The number of quaternary nitrogens is 1. The van der Waals surface area contributed by atoms with Gasteiger partial charge in [-0.05, 0) is 136 Å². The molecular weight excluding hydrogens is 761 g/mol. The number of ether oxygens (including phenoxy) is 1. The molecular formula is C53H75N2O6+. The van der Waals surface area contributed by atoms with Gasteiger partial charge in [-0.3, -0.25) is 19.5 Å². The van der Waals surface area contributed by atoms with E-state index in [1.807, 2.05) is 20.0 Å². The van der Waals surface area contributed by atoms with Gasteiger partial charge in [0.05, 0.1) is 30.3 Å². The number of carbonyl (C=O) groups is 2. The van der Waals surface area contributed by atoms with Gasteiger partial charge in [0.25, 0.3) is 0 Å². The number of aliphatic hydroxyl groups excluding tert-OH is 3. The van der Waals surface area contributed by atoms with Gasteiger partial charge in [-0.25, -0.2) is 0 Å². The van der Waals surface area contributed by atoms with Crippen molar-refractivity contribution in [2.75, 3.05) is 13.2 Å². The number of benzene rings is 1. The second kappa shape index (κ2) is 15.2. The van der Waals surface area contributed by atoms with Crippen LogP contribution in [0.2, 0.25) is 0 Å². The van der Waals surface area contributed by atoms with Gasteiger partial charge in [0.15, 0.2) is 11.8 Å². The van der Waals surface area contributed by atoms with Gasteiger partial charge in [0, 0.05) is 48.0 Å². The van der Waals surface area contributed by atoms with E-state index >= 15 is 0 Å². The van der Waals surface area contributed by atoms with Crippen LogP contribution in [0.1, 0.15) is 136 Å². The molecule has 8 aliphatic rings. The average Bonchev–Trinajstić information content (AvgIpc) is 3.76. The zero-order valence-corrected chi connectivity index (χ0v) is 38.7. The molecule has 61 heavy (non-hydrogen) atoms. The molecule has 14 atom stereocenters. The Morgan fingerprint density at radius 3 is 2.34 bits per heavy atom. The maximum Gasteiger partial charge on any atom is 0.160 e. The SMILES string of the molecule is Cc1cc(C)cc(CC2=C[NH+](CC3C4=C(C(C)CC(O)C5OC5(C)C)C(=O)CC4(C)C4(C)CCC5C(C)(CC(CCCO)C(=O)C5(C)C5CCCC5)C4C3O)C3C=CN=C23)c1. The molecule has 4 N–H and O–H groups in total. The number of aliphatic imine (C=N–C) groups is 1. The number of rotatable bonds is 12. The van der Waals surface area contributed by atoms with Crippen molar-refractivity contribution in [1.82, 2.24) is 0 Å². The zero-order chi connectivity index (χ0) is 43.6. The number of Topliss-reactive ketones (excluding diaryl/α,β-unsaturated/α-hetero) is 2. The minimum Gasteiger partial charge on any atom is -0.396 e. The Kier molecular flexibility index (Phi) is 10.8. The van der Waals surface area contributed by atoms with Gasteiger partial charge < -0.3 is 20.1 Å². The highest BCUT2D eigenvalue weighted by Gasteiger charge is 2.74. The number of allylic oxidation sites excluding steroid dienone is 1. The fraction of sp³-hybridized carbons (Fsp3) is 0.717. The lowest BCUT2D eigenvalue weighted by Gasteiger charge is -2.71. The number of ketones is 2. The number of nitrogens with zero attached hydrogens (tertiary/aromatic N) is 1. The fourth-order valence-electron chi connectivity index (χ4n) is 16.3. The zero-order valence-electron chi connectivity index (χ0n) is 38.7. The molecule has 9 rings (SSSR count). The molecule has 1 aromatic carbocycles. The summed E-state index contributed by atoms with van der Waals surface area (Å²) >= 11 is 0. The summed E-state index contributed by atoms with van der Waals surface area (Å²) in [7, 11) is 0. The maximum atomic E-state index is 15.0. The third-order valence-electron chi connectivity index (χ3n) is 19.0. The molecule has 332 valence electrons. The summed E-state index contributed by atoms with van der Waals surface area (Å²) in [5, 5.41) is 35.3. The molecule has 3 aliphatic heterocycles. The molecule has 1 aromatic rings. The van der Waals surface area contributed by atoms with Crippen LogP contribution in [-0.4, -0.2) is 75.7 Å².